The van der Waals surface area contributed by atoms with E-state index in [1.165, 1.54) is 4.90 Å². The summed E-state index contributed by atoms with van der Waals surface area (Å²) in [6.07, 6.45) is 1.49. The lowest BCUT2D eigenvalue weighted by atomic mass is 9.99. The number of imide groups is 1. The molecule has 7 heteroatoms. The third-order valence-corrected chi connectivity index (χ3v) is 6.77. The maximum absolute atomic E-state index is 13.0. The molecule has 0 aliphatic carbocycles. The van der Waals surface area contributed by atoms with E-state index in [9.17, 15) is 14.7 Å². The van der Waals surface area contributed by atoms with Gasteiger partial charge in [0.15, 0.2) is 6.29 Å². The van der Waals surface area contributed by atoms with E-state index in [-0.39, 0.29) is 30.6 Å². The number of hydrogen-bond acceptors (Lipinski definition) is 6. The highest BCUT2D eigenvalue weighted by atomic mass is 16.7. The number of carbonyl (C=O) groups is 2. The van der Waals surface area contributed by atoms with Gasteiger partial charge in [-0.15, -0.1) is 6.58 Å². The van der Waals surface area contributed by atoms with Crippen LogP contribution in [0.1, 0.15) is 56.2 Å². The van der Waals surface area contributed by atoms with Gasteiger partial charge < -0.3 is 19.5 Å². The summed E-state index contributed by atoms with van der Waals surface area (Å²) in [6.45, 7) is 5.23. The number of likely N-dealkylation sites (N-methyl/N-ethyl adjacent to an activating group) is 1. The maximum atomic E-state index is 13.0. The summed E-state index contributed by atoms with van der Waals surface area (Å²) in [5.74, 6) is -0.678. The molecular weight excluding hydrogens is 468 g/mol. The standard InChI is InChI=1S/C30H30N2O5/c1-3-15-31(2)18-24-17-27(21-13-11-20(19-33)12-14-21)37-30(36-24)22-7-6-8-23(16-22)32-28(34)25-9-4-5-10-26(25)29(32)35/h3-14,16,24,27,30,33H,1,15,17-19H2,2H3/t24-,27+,30+/m0/s1. The number of amides is 2. The molecule has 0 unspecified atom stereocenters. The Bertz CT molecular complexity index is 1270. The van der Waals surface area contributed by atoms with E-state index in [0.717, 1.165) is 23.2 Å². The monoisotopic (exact) mass is 498 g/mol. The molecular formula is C30H30N2O5. The lowest BCUT2D eigenvalue weighted by Gasteiger charge is -2.38. The zero-order chi connectivity index (χ0) is 25.9. The van der Waals surface area contributed by atoms with Crippen LogP contribution in [0.3, 0.4) is 0 Å². The van der Waals surface area contributed by atoms with Crippen molar-refractivity contribution >= 4 is 17.5 Å². The van der Waals surface area contributed by atoms with Crippen LogP contribution < -0.4 is 4.90 Å². The van der Waals surface area contributed by atoms with Crippen molar-refractivity contribution in [3.8, 4) is 0 Å². The number of carbonyl (C=O) groups excluding carboxylic acids is 2. The predicted octanol–water partition coefficient (Wildman–Crippen LogP) is 4.64. The fourth-order valence-corrected chi connectivity index (χ4v) is 4.91. The number of aliphatic hydroxyl groups is 1. The Hall–Kier alpha value is -3.62. The molecule has 0 bridgehead atoms. The molecule has 2 aliphatic rings. The van der Waals surface area contributed by atoms with Crippen LogP contribution in [0.2, 0.25) is 0 Å². The quantitative estimate of drug-likeness (QED) is 0.360. The molecule has 5 rings (SSSR count). The highest BCUT2D eigenvalue weighted by Crippen LogP contribution is 2.39. The van der Waals surface area contributed by atoms with E-state index in [0.29, 0.717) is 29.8 Å². The third kappa shape index (κ3) is 5.12. The van der Waals surface area contributed by atoms with E-state index < -0.39 is 6.29 Å². The average Bonchev–Trinajstić information content (AvgIpc) is 3.18. The molecule has 7 nitrogen and oxygen atoms in total. The number of fused-ring (bicyclic) bond motifs is 1. The molecule has 0 radical (unpaired) electrons. The van der Waals surface area contributed by atoms with Gasteiger partial charge in [0.05, 0.1) is 35.6 Å². The zero-order valence-electron chi connectivity index (χ0n) is 20.7. The zero-order valence-corrected chi connectivity index (χ0v) is 20.7. The van der Waals surface area contributed by atoms with Crippen molar-refractivity contribution in [2.75, 3.05) is 25.0 Å². The number of anilines is 1. The average molecular weight is 499 g/mol. The maximum Gasteiger partial charge on any atom is 0.266 e. The van der Waals surface area contributed by atoms with Crippen LogP contribution in [-0.2, 0) is 16.1 Å². The number of rotatable bonds is 8. The molecule has 1 saturated heterocycles. The minimum atomic E-state index is -0.687. The van der Waals surface area contributed by atoms with E-state index in [2.05, 4.69) is 11.5 Å². The van der Waals surface area contributed by atoms with Crippen molar-refractivity contribution in [3.05, 3.63) is 113 Å². The molecule has 0 aromatic heterocycles. The Kier molecular flexibility index (Phi) is 7.30. The molecule has 3 atom stereocenters. The van der Waals surface area contributed by atoms with Gasteiger partial charge in [-0.25, -0.2) is 4.90 Å². The van der Waals surface area contributed by atoms with E-state index in [4.69, 9.17) is 9.47 Å². The normalized spacial score (nSPS) is 21.4. The fraction of sp³-hybridized carbons (Fsp3) is 0.267. The smallest absolute Gasteiger partial charge is 0.266 e. The second-order valence-electron chi connectivity index (χ2n) is 9.45. The number of ether oxygens (including phenoxy) is 2. The Labute approximate surface area is 216 Å². The van der Waals surface area contributed by atoms with Crippen LogP contribution >= 0.6 is 0 Å². The van der Waals surface area contributed by atoms with Crippen LogP contribution in [0.5, 0.6) is 0 Å². The fourth-order valence-electron chi connectivity index (χ4n) is 4.91. The van der Waals surface area contributed by atoms with Crippen molar-refractivity contribution in [1.82, 2.24) is 4.90 Å². The first-order valence-corrected chi connectivity index (χ1v) is 12.4. The summed E-state index contributed by atoms with van der Waals surface area (Å²) in [5, 5.41) is 9.42. The summed E-state index contributed by atoms with van der Waals surface area (Å²) in [7, 11) is 2.02. The van der Waals surface area contributed by atoms with Gasteiger partial charge in [0, 0.05) is 25.1 Å². The Morgan fingerprint density at radius 2 is 1.68 bits per heavy atom. The van der Waals surface area contributed by atoms with Crippen molar-refractivity contribution in [2.45, 2.75) is 31.5 Å². The van der Waals surface area contributed by atoms with Crippen molar-refractivity contribution in [1.29, 1.82) is 0 Å². The molecule has 3 aromatic carbocycles. The summed E-state index contributed by atoms with van der Waals surface area (Å²) in [6, 6.07) is 21.8. The molecule has 190 valence electrons. The first-order chi connectivity index (χ1) is 18.0. The van der Waals surface area contributed by atoms with Gasteiger partial charge in [-0.3, -0.25) is 9.59 Å². The van der Waals surface area contributed by atoms with Crippen LogP contribution in [0.4, 0.5) is 5.69 Å². The van der Waals surface area contributed by atoms with Crippen LogP contribution in [-0.4, -0.2) is 48.1 Å². The van der Waals surface area contributed by atoms with E-state index in [1.54, 1.807) is 42.5 Å². The first-order valence-electron chi connectivity index (χ1n) is 12.4. The van der Waals surface area contributed by atoms with Crippen LogP contribution in [0.15, 0.2) is 85.5 Å². The van der Waals surface area contributed by atoms with Gasteiger partial charge >= 0.3 is 0 Å². The SMILES string of the molecule is C=CCN(C)C[C@@H]1C[C@H](c2ccc(CO)cc2)O[C@H](c2cccc(N3C(=O)c4ccccc4C3=O)c2)O1. The lowest BCUT2D eigenvalue weighted by molar-refractivity contribution is -0.252. The highest BCUT2D eigenvalue weighted by molar-refractivity contribution is 6.34. The summed E-state index contributed by atoms with van der Waals surface area (Å²) in [4.78, 5) is 29.4. The Morgan fingerprint density at radius 1 is 0.973 bits per heavy atom. The topological polar surface area (TPSA) is 79.3 Å². The van der Waals surface area contributed by atoms with Gasteiger partial charge in [0.25, 0.3) is 11.8 Å². The van der Waals surface area contributed by atoms with Gasteiger partial charge in [-0.2, -0.15) is 0 Å². The van der Waals surface area contributed by atoms with Crippen molar-refractivity contribution < 1.29 is 24.2 Å². The third-order valence-electron chi connectivity index (χ3n) is 6.77. The number of benzene rings is 3. The van der Waals surface area contributed by atoms with Gasteiger partial charge in [-0.05, 0) is 42.4 Å². The minimum absolute atomic E-state index is 0.0168. The number of aliphatic hydroxyl groups excluding tert-OH is 1. The number of hydrogen-bond donors (Lipinski definition) is 1. The van der Waals surface area contributed by atoms with Gasteiger partial charge in [-0.1, -0.05) is 54.6 Å². The van der Waals surface area contributed by atoms with E-state index >= 15 is 0 Å². The molecule has 3 aromatic rings. The second-order valence-corrected chi connectivity index (χ2v) is 9.45. The molecule has 2 aliphatic heterocycles. The lowest BCUT2D eigenvalue weighted by Crippen LogP contribution is -2.38. The van der Waals surface area contributed by atoms with Crippen LogP contribution in [0, 0.1) is 0 Å². The Balaban J connectivity index is 1.43. The van der Waals surface area contributed by atoms with Crippen LogP contribution in [0.25, 0.3) is 0 Å². The molecule has 37 heavy (non-hydrogen) atoms. The molecule has 0 spiro atoms. The number of nitrogens with zero attached hydrogens (tertiary/aromatic N) is 2. The van der Waals surface area contributed by atoms with Crippen molar-refractivity contribution in [3.63, 3.8) is 0 Å². The van der Waals surface area contributed by atoms with E-state index in [1.807, 2.05) is 43.5 Å². The Morgan fingerprint density at radius 3 is 2.32 bits per heavy atom. The summed E-state index contributed by atoms with van der Waals surface area (Å²) in [5.41, 5.74) is 3.84. The molecule has 1 fully saturated rings. The molecule has 2 heterocycles. The van der Waals surface area contributed by atoms with Crippen molar-refractivity contribution in [2.24, 2.45) is 0 Å². The van der Waals surface area contributed by atoms with Gasteiger partial charge in [0.1, 0.15) is 0 Å². The molecule has 2 amide bonds. The summed E-state index contributed by atoms with van der Waals surface area (Å²) < 4.78 is 12.8. The first kappa shape index (κ1) is 25.0. The molecule has 1 N–H and O–H groups in total. The largest absolute Gasteiger partial charge is 0.392 e. The highest BCUT2D eigenvalue weighted by Gasteiger charge is 2.37. The minimum Gasteiger partial charge on any atom is -0.392 e. The predicted molar refractivity (Wildman–Crippen MR) is 140 cm³/mol. The molecule has 0 saturated carbocycles. The summed E-state index contributed by atoms with van der Waals surface area (Å²) >= 11 is 0. The van der Waals surface area contributed by atoms with Gasteiger partial charge in [0.2, 0.25) is 0 Å². The second kappa shape index (κ2) is 10.8.